The topological polar surface area (TPSA) is 82.6 Å². The van der Waals surface area contributed by atoms with Crippen molar-refractivity contribution in [2.24, 2.45) is 4.99 Å². The minimum absolute atomic E-state index is 0.169. The molecule has 0 spiro atoms. The van der Waals surface area contributed by atoms with Gasteiger partial charge in [0, 0.05) is 5.56 Å². The number of guanidine groups is 1. The first kappa shape index (κ1) is 12.9. The van der Waals surface area contributed by atoms with Crippen LogP contribution in [0.2, 0.25) is 0 Å². The van der Waals surface area contributed by atoms with Gasteiger partial charge in [0.15, 0.2) is 0 Å². The third-order valence-corrected chi connectivity index (χ3v) is 2.94. The first-order valence-electron chi connectivity index (χ1n) is 6.34. The summed E-state index contributed by atoms with van der Waals surface area (Å²) in [4.78, 5) is 28.2. The van der Waals surface area contributed by atoms with E-state index in [4.69, 9.17) is 0 Å². The predicted octanol–water partition coefficient (Wildman–Crippen LogP) is 1.35. The van der Waals surface area contributed by atoms with Crippen molar-refractivity contribution in [1.82, 2.24) is 16.2 Å². The Bertz CT molecular complexity index is 725. The van der Waals surface area contributed by atoms with E-state index in [0.717, 1.165) is 0 Å². The van der Waals surface area contributed by atoms with E-state index in [0.29, 0.717) is 16.8 Å². The van der Waals surface area contributed by atoms with Crippen LogP contribution in [-0.2, 0) is 0 Å². The molecule has 6 heteroatoms. The molecule has 0 aliphatic carbocycles. The minimum atomic E-state index is -0.310. The van der Waals surface area contributed by atoms with Crippen LogP contribution in [0.3, 0.4) is 0 Å². The van der Waals surface area contributed by atoms with Crippen LogP contribution in [0.15, 0.2) is 59.6 Å². The van der Waals surface area contributed by atoms with Crippen LogP contribution < -0.4 is 16.2 Å². The Kier molecular flexibility index (Phi) is 3.34. The smallest absolute Gasteiger partial charge is 0.271 e. The molecule has 0 radical (unpaired) electrons. The van der Waals surface area contributed by atoms with Gasteiger partial charge in [0.25, 0.3) is 11.8 Å². The Morgan fingerprint density at radius 1 is 0.952 bits per heavy atom. The van der Waals surface area contributed by atoms with Crippen molar-refractivity contribution >= 4 is 23.5 Å². The van der Waals surface area contributed by atoms with E-state index in [1.807, 2.05) is 6.07 Å². The number of carbonyl (C=O) groups is 2. The van der Waals surface area contributed by atoms with Gasteiger partial charge in [-0.3, -0.25) is 25.8 Å². The Balaban J connectivity index is 1.85. The Hall–Kier alpha value is -3.15. The van der Waals surface area contributed by atoms with Crippen LogP contribution in [0.5, 0.6) is 0 Å². The second-order valence-corrected chi connectivity index (χ2v) is 4.38. The first-order chi connectivity index (χ1) is 10.2. The molecule has 1 aliphatic rings. The summed E-state index contributed by atoms with van der Waals surface area (Å²) in [5, 5.41) is 2.62. The zero-order valence-corrected chi connectivity index (χ0v) is 11.0. The highest BCUT2D eigenvalue weighted by atomic mass is 16.2. The van der Waals surface area contributed by atoms with Gasteiger partial charge in [0.2, 0.25) is 5.96 Å². The molecule has 1 aliphatic heterocycles. The molecular weight excluding hydrogens is 268 g/mol. The third-order valence-electron chi connectivity index (χ3n) is 2.94. The maximum Gasteiger partial charge on any atom is 0.271 e. The highest BCUT2D eigenvalue weighted by Gasteiger charge is 2.17. The summed E-state index contributed by atoms with van der Waals surface area (Å²) in [6.45, 7) is 0. The van der Waals surface area contributed by atoms with Crippen LogP contribution >= 0.6 is 0 Å². The number of fused-ring (bicyclic) bond motifs is 1. The minimum Gasteiger partial charge on any atom is -0.291 e. The van der Waals surface area contributed by atoms with E-state index in [1.54, 1.807) is 48.5 Å². The average Bonchev–Trinajstić information content (AvgIpc) is 2.68. The molecule has 0 aromatic heterocycles. The Morgan fingerprint density at radius 2 is 1.67 bits per heavy atom. The molecule has 0 fully saturated rings. The van der Waals surface area contributed by atoms with Gasteiger partial charge in [-0.2, -0.15) is 0 Å². The Labute approximate surface area is 120 Å². The number of hydrogen-bond acceptors (Lipinski definition) is 4. The summed E-state index contributed by atoms with van der Waals surface area (Å²) < 4.78 is 0. The van der Waals surface area contributed by atoms with Gasteiger partial charge in [-0.1, -0.05) is 30.3 Å². The lowest BCUT2D eigenvalue weighted by Crippen LogP contribution is -2.48. The maximum atomic E-state index is 12.1. The van der Waals surface area contributed by atoms with Gasteiger partial charge >= 0.3 is 0 Å². The van der Waals surface area contributed by atoms with Crippen LogP contribution in [0.4, 0.5) is 5.69 Å². The van der Waals surface area contributed by atoms with Crippen LogP contribution in [-0.4, -0.2) is 17.8 Å². The summed E-state index contributed by atoms with van der Waals surface area (Å²) in [6, 6.07) is 15.7. The van der Waals surface area contributed by atoms with Crippen molar-refractivity contribution in [2.45, 2.75) is 0 Å². The van der Waals surface area contributed by atoms with Gasteiger partial charge in [-0.15, -0.1) is 0 Å². The number of hydrazine groups is 1. The van der Waals surface area contributed by atoms with E-state index >= 15 is 0 Å². The number of para-hydroxylation sites is 1. The molecule has 0 saturated carbocycles. The summed E-state index contributed by atoms with van der Waals surface area (Å²) in [6.07, 6.45) is 0. The van der Waals surface area contributed by atoms with E-state index < -0.39 is 0 Å². The van der Waals surface area contributed by atoms with Crippen LogP contribution in [0, 0.1) is 0 Å². The lowest BCUT2D eigenvalue weighted by Gasteiger charge is -2.09. The van der Waals surface area contributed by atoms with Crippen molar-refractivity contribution < 1.29 is 9.59 Å². The second kappa shape index (κ2) is 5.46. The molecule has 0 bridgehead atoms. The second-order valence-electron chi connectivity index (χ2n) is 4.38. The van der Waals surface area contributed by atoms with Crippen molar-refractivity contribution in [3.8, 4) is 0 Å². The fourth-order valence-electron chi connectivity index (χ4n) is 1.92. The highest BCUT2D eigenvalue weighted by molar-refractivity contribution is 6.09. The fourth-order valence-corrected chi connectivity index (χ4v) is 1.92. The molecule has 2 aromatic rings. The number of aliphatic imine (C=N–C) groups is 1. The lowest BCUT2D eigenvalue weighted by atomic mass is 10.2. The molecule has 3 N–H and O–H groups in total. The van der Waals surface area contributed by atoms with Crippen molar-refractivity contribution in [2.75, 3.05) is 0 Å². The molecule has 21 heavy (non-hydrogen) atoms. The highest BCUT2D eigenvalue weighted by Crippen LogP contribution is 2.19. The SMILES string of the molecule is O=C(NC1=Nc2ccccc2C(=O)NN1)c1ccccc1. The summed E-state index contributed by atoms with van der Waals surface area (Å²) in [5.41, 5.74) is 6.50. The zero-order chi connectivity index (χ0) is 14.7. The summed E-state index contributed by atoms with van der Waals surface area (Å²) in [5.74, 6) is -0.448. The maximum absolute atomic E-state index is 12.1. The fraction of sp³-hybridized carbons (Fsp3) is 0. The number of amides is 2. The summed E-state index contributed by atoms with van der Waals surface area (Å²) in [7, 11) is 0. The van der Waals surface area contributed by atoms with Gasteiger partial charge < -0.3 is 0 Å². The number of hydrogen-bond donors (Lipinski definition) is 3. The molecule has 0 atom stereocenters. The monoisotopic (exact) mass is 280 g/mol. The van der Waals surface area contributed by atoms with Gasteiger partial charge in [0.1, 0.15) is 0 Å². The van der Waals surface area contributed by atoms with Crippen molar-refractivity contribution in [3.63, 3.8) is 0 Å². The predicted molar refractivity (Wildman–Crippen MR) is 78.0 cm³/mol. The molecule has 2 aromatic carbocycles. The number of nitrogens with zero attached hydrogens (tertiary/aromatic N) is 1. The zero-order valence-electron chi connectivity index (χ0n) is 11.0. The average molecular weight is 280 g/mol. The van der Waals surface area contributed by atoms with E-state index in [-0.39, 0.29) is 17.8 Å². The largest absolute Gasteiger partial charge is 0.291 e. The molecular formula is C15H12N4O2. The Morgan fingerprint density at radius 3 is 2.48 bits per heavy atom. The van der Waals surface area contributed by atoms with Crippen molar-refractivity contribution in [1.29, 1.82) is 0 Å². The van der Waals surface area contributed by atoms with Gasteiger partial charge in [0.05, 0.1) is 11.3 Å². The van der Waals surface area contributed by atoms with Gasteiger partial charge in [-0.05, 0) is 24.3 Å². The lowest BCUT2D eigenvalue weighted by molar-refractivity contribution is 0.0936. The molecule has 0 unspecified atom stereocenters. The standard InChI is InChI=1S/C15H12N4O2/c20-13(10-6-2-1-3-7-10)17-15-16-12-9-5-4-8-11(12)14(21)18-19-15/h1-9H,(H,18,21)(H2,16,17,19,20). The molecule has 3 rings (SSSR count). The van der Waals surface area contributed by atoms with Crippen LogP contribution in [0.1, 0.15) is 20.7 Å². The molecule has 2 amide bonds. The van der Waals surface area contributed by atoms with Gasteiger partial charge in [-0.25, -0.2) is 4.99 Å². The van der Waals surface area contributed by atoms with Crippen molar-refractivity contribution in [3.05, 3.63) is 65.7 Å². The first-order valence-corrected chi connectivity index (χ1v) is 6.34. The molecule has 1 heterocycles. The van der Waals surface area contributed by atoms with E-state index in [1.165, 1.54) is 0 Å². The normalized spacial score (nSPS) is 13.1. The number of benzene rings is 2. The number of carbonyl (C=O) groups excluding carboxylic acids is 2. The third kappa shape index (κ3) is 2.74. The quantitative estimate of drug-likeness (QED) is 0.737. The summed E-state index contributed by atoms with van der Waals surface area (Å²) >= 11 is 0. The number of rotatable bonds is 1. The number of nitrogens with one attached hydrogen (secondary N) is 3. The molecule has 6 nitrogen and oxygen atoms in total. The van der Waals surface area contributed by atoms with Crippen LogP contribution in [0.25, 0.3) is 0 Å². The van der Waals surface area contributed by atoms with E-state index in [2.05, 4.69) is 21.2 Å². The molecule has 0 saturated heterocycles. The molecule has 104 valence electrons. The van der Waals surface area contributed by atoms with E-state index in [9.17, 15) is 9.59 Å².